The van der Waals surface area contributed by atoms with Crippen LogP contribution >= 0.6 is 0 Å². The standard InChI is InChI=1S/C50H99NO4/c1-3-5-7-9-11-13-15-17-19-20-21-22-23-24-25-26-27-28-29-30-31-33-35-37-39-41-43-45-49(54)50(55)51-47(46-52)48(53)44-42-40-38-36-34-32-18-16-14-12-10-8-6-4-2/h42,44,47-49,52-54H,3-41,43,45-46H2,1-2H3,(H,51,55)/b44-42+. The van der Waals surface area contributed by atoms with E-state index in [-0.39, 0.29) is 6.61 Å². The second kappa shape index (κ2) is 45.8. The van der Waals surface area contributed by atoms with Crippen molar-refractivity contribution in [1.29, 1.82) is 0 Å². The van der Waals surface area contributed by atoms with Gasteiger partial charge < -0.3 is 20.6 Å². The zero-order valence-corrected chi connectivity index (χ0v) is 37.3. The molecule has 3 unspecified atom stereocenters. The molecule has 0 saturated heterocycles. The SMILES string of the molecule is CCCCCCCCCCCCCC/C=C/C(O)C(CO)NC(=O)C(O)CCCCCCCCCCCCCCCCCCCCCCCCCCCCC. The molecule has 0 saturated carbocycles. The summed E-state index contributed by atoms with van der Waals surface area (Å²) in [6.07, 6.45) is 55.6. The molecule has 0 fully saturated rings. The quantitative estimate of drug-likeness (QED) is 0.0366. The summed E-state index contributed by atoms with van der Waals surface area (Å²) in [4.78, 5) is 12.5. The Morgan fingerprint density at radius 1 is 0.436 bits per heavy atom. The maximum absolute atomic E-state index is 12.5. The van der Waals surface area contributed by atoms with Gasteiger partial charge in [0, 0.05) is 0 Å². The fraction of sp³-hybridized carbons (Fsp3) is 0.940. The van der Waals surface area contributed by atoms with Gasteiger partial charge in [-0.3, -0.25) is 4.79 Å². The Kier molecular flexibility index (Phi) is 45.0. The summed E-state index contributed by atoms with van der Waals surface area (Å²) in [7, 11) is 0. The second-order valence-electron chi connectivity index (χ2n) is 17.4. The first kappa shape index (κ1) is 54.1. The summed E-state index contributed by atoms with van der Waals surface area (Å²) in [6.45, 7) is 4.20. The Morgan fingerprint density at radius 3 is 1.00 bits per heavy atom. The predicted molar refractivity (Wildman–Crippen MR) is 241 cm³/mol. The Labute approximate surface area is 344 Å². The van der Waals surface area contributed by atoms with E-state index < -0.39 is 24.2 Å². The van der Waals surface area contributed by atoms with E-state index in [0.29, 0.717) is 6.42 Å². The number of hydrogen-bond acceptors (Lipinski definition) is 4. The van der Waals surface area contributed by atoms with Gasteiger partial charge in [-0.05, 0) is 19.3 Å². The van der Waals surface area contributed by atoms with Crippen LogP contribution in [0.2, 0.25) is 0 Å². The molecule has 55 heavy (non-hydrogen) atoms. The lowest BCUT2D eigenvalue weighted by Gasteiger charge is -2.21. The normalized spacial score (nSPS) is 13.5. The van der Waals surface area contributed by atoms with E-state index >= 15 is 0 Å². The predicted octanol–water partition coefficient (Wildman–Crippen LogP) is 14.8. The van der Waals surface area contributed by atoms with Crippen LogP contribution in [-0.4, -0.2) is 46.1 Å². The van der Waals surface area contributed by atoms with Crippen LogP contribution < -0.4 is 5.32 Å². The molecule has 0 aliphatic heterocycles. The number of unbranched alkanes of at least 4 members (excludes halogenated alkanes) is 38. The van der Waals surface area contributed by atoms with Crippen molar-refractivity contribution in [1.82, 2.24) is 5.32 Å². The third-order valence-corrected chi connectivity index (χ3v) is 11.9. The molecule has 0 rings (SSSR count). The van der Waals surface area contributed by atoms with Gasteiger partial charge in [0.25, 0.3) is 0 Å². The molecule has 0 aromatic heterocycles. The number of aliphatic hydroxyl groups is 3. The lowest BCUT2D eigenvalue weighted by atomic mass is 10.0. The highest BCUT2D eigenvalue weighted by Gasteiger charge is 2.22. The molecule has 0 heterocycles. The van der Waals surface area contributed by atoms with E-state index in [0.717, 1.165) is 32.1 Å². The van der Waals surface area contributed by atoms with Gasteiger partial charge in [0.15, 0.2) is 0 Å². The topological polar surface area (TPSA) is 89.8 Å². The van der Waals surface area contributed by atoms with Gasteiger partial charge in [-0.25, -0.2) is 0 Å². The van der Waals surface area contributed by atoms with Crippen LogP contribution in [0.4, 0.5) is 0 Å². The van der Waals surface area contributed by atoms with Crippen molar-refractivity contribution in [2.24, 2.45) is 0 Å². The lowest BCUT2D eigenvalue weighted by Crippen LogP contribution is -2.48. The van der Waals surface area contributed by atoms with E-state index in [2.05, 4.69) is 19.2 Å². The van der Waals surface area contributed by atoms with Crippen LogP contribution in [0.1, 0.15) is 277 Å². The smallest absolute Gasteiger partial charge is 0.249 e. The molecule has 3 atom stereocenters. The minimum absolute atomic E-state index is 0.359. The summed E-state index contributed by atoms with van der Waals surface area (Å²) in [5.74, 6) is -0.498. The second-order valence-corrected chi connectivity index (χ2v) is 17.4. The minimum Gasteiger partial charge on any atom is -0.394 e. The number of nitrogens with one attached hydrogen (secondary N) is 1. The summed E-state index contributed by atoms with van der Waals surface area (Å²) >= 11 is 0. The fourth-order valence-electron chi connectivity index (χ4n) is 7.95. The van der Waals surface area contributed by atoms with E-state index in [1.165, 1.54) is 225 Å². The first-order chi connectivity index (χ1) is 27.1. The van der Waals surface area contributed by atoms with Gasteiger partial charge in [0.05, 0.1) is 18.8 Å². The summed E-state index contributed by atoms with van der Waals surface area (Å²) in [6, 6.07) is -0.792. The number of aliphatic hydroxyl groups excluding tert-OH is 3. The molecule has 0 aromatic rings. The lowest BCUT2D eigenvalue weighted by molar-refractivity contribution is -0.131. The van der Waals surface area contributed by atoms with Gasteiger partial charge in [-0.15, -0.1) is 0 Å². The minimum atomic E-state index is -1.09. The van der Waals surface area contributed by atoms with E-state index in [1.807, 2.05) is 6.08 Å². The molecule has 328 valence electrons. The summed E-state index contributed by atoms with van der Waals surface area (Å²) < 4.78 is 0. The first-order valence-electron chi connectivity index (χ1n) is 25.0. The van der Waals surface area contributed by atoms with E-state index in [4.69, 9.17) is 0 Å². The molecule has 0 bridgehead atoms. The highest BCUT2D eigenvalue weighted by Crippen LogP contribution is 2.17. The first-order valence-corrected chi connectivity index (χ1v) is 25.0. The van der Waals surface area contributed by atoms with Crippen molar-refractivity contribution in [2.45, 2.75) is 295 Å². The summed E-state index contributed by atoms with van der Waals surface area (Å²) in [5.41, 5.74) is 0. The highest BCUT2D eigenvalue weighted by molar-refractivity contribution is 5.80. The van der Waals surface area contributed by atoms with Gasteiger partial charge in [0.2, 0.25) is 5.91 Å². The van der Waals surface area contributed by atoms with Crippen molar-refractivity contribution in [3.8, 4) is 0 Å². The van der Waals surface area contributed by atoms with Crippen molar-refractivity contribution < 1.29 is 20.1 Å². The van der Waals surface area contributed by atoms with E-state index in [1.54, 1.807) is 6.08 Å². The summed E-state index contributed by atoms with van der Waals surface area (Å²) in [5, 5.41) is 33.2. The van der Waals surface area contributed by atoms with Crippen molar-refractivity contribution in [3.63, 3.8) is 0 Å². The largest absolute Gasteiger partial charge is 0.394 e. The molecule has 0 spiro atoms. The van der Waals surface area contributed by atoms with Crippen LogP contribution in [0.25, 0.3) is 0 Å². The number of carbonyl (C=O) groups is 1. The number of amides is 1. The monoisotopic (exact) mass is 778 g/mol. The molecular formula is C50H99NO4. The van der Waals surface area contributed by atoms with Gasteiger partial charge in [0.1, 0.15) is 6.10 Å². The van der Waals surface area contributed by atoms with Gasteiger partial charge >= 0.3 is 0 Å². The third-order valence-electron chi connectivity index (χ3n) is 11.9. The van der Waals surface area contributed by atoms with Crippen LogP contribution in [0.15, 0.2) is 12.2 Å². The van der Waals surface area contributed by atoms with E-state index in [9.17, 15) is 20.1 Å². The number of hydrogen-bond donors (Lipinski definition) is 4. The van der Waals surface area contributed by atoms with Crippen molar-refractivity contribution in [2.75, 3.05) is 6.61 Å². The average Bonchev–Trinajstić information content (AvgIpc) is 3.19. The van der Waals surface area contributed by atoms with Crippen molar-refractivity contribution >= 4 is 5.91 Å². The molecule has 0 radical (unpaired) electrons. The number of carbonyl (C=O) groups excluding carboxylic acids is 1. The average molecular weight is 778 g/mol. The van der Waals surface area contributed by atoms with Gasteiger partial charge in [-0.1, -0.05) is 270 Å². The molecule has 0 aromatic carbocycles. The molecule has 1 amide bonds. The number of rotatable bonds is 46. The Bertz CT molecular complexity index is 773. The highest BCUT2D eigenvalue weighted by atomic mass is 16.3. The van der Waals surface area contributed by atoms with Crippen LogP contribution in [0, 0.1) is 0 Å². The maximum Gasteiger partial charge on any atom is 0.249 e. The zero-order chi connectivity index (χ0) is 40.1. The van der Waals surface area contributed by atoms with Crippen LogP contribution in [0.5, 0.6) is 0 Å². The fourth-order valence-corrected chi connectivity index (χ4v) is 7.95. The Morgan fingerprint density at radius 2 is 0.709 bits per heavy atom. The Balaban J connectivity index is 3.53. The van der Waals surface area contributed by atoms with Crippen molar-refractivity contribution in [3.05, 3.63) is 12.2 Å². The molecule has 0 aliphatic rings. The molecule has 5 nitrogen and oxygen atoms in total. The molecule has 0 aliphatic carbocycles. The zero-order valence-electron chi connectivity index (χ0n) is 37.3. The maximum atomic E-state index is 12.5. The molecular weight excluding hydrogens is 679 g/mol. The Hall–Kier alpha value is -0.910. The van der Waals surface area contributed by atoms with Gasteiger partial charge in [-0.2, -0.15) is 0 Å². The molecule has 5 heteroatoms. The molecule has 4 N–H and O–H groups in total. The van der Waals surface area contributed by atoms with Crippen LogP contribution in [-0.2, 0) is 4.79 Å². The number of allylic oxidation sites excluding steroid dienone is 1. The van der Waals surface area contributed by atoms with Crippen LogP contribution in [0.3, 0.4) is 0 Å². The third kappa shape index (κ3) is 41.1.